The highest BCUT2D eigenvalue weighted by Crippen LogP contribution is 2.18. The molecule has 0 aliphatic carbocycles. The number of ether oxygens (including phenoxy) is 1. The van der Waals surface area contributed by atoms with Crippen LogP contribution in [0.15, 0.2) is 69.9 Å². The van der Waals surface area contributed by atoms with Gasteiger partial charge in [0, 0.05) is 16.3 Å². The van der Waals surface area contributed by atoms with Gasteiger partial charge in [0.1, 0.15) is 12.4 Å². The number of nitrogens with zero attached hydrogens (tertiary/aromatic N) is 1. The number of benzene rings is 1. The molecule has 0 amide bonds. The highest BCUT2D eigenvalue weighted by molar-refractivity contribution is 9.10. The van der Waals surface area contributed by atoms with E-state index in [-0.39, 0.29) is 0 Å². The number of hydrogen-bond donors (Lipinski definition) is 0. The third-order valence-electron chi connectivity index (χ3n) is 2.52. The summed E-state index contributed by atoms with van der Waals surface area (Å²) in [6, 6.07) is 7.86. The van der Waals surface area contributed by atoms with E-state index in [1.165, 1.54) is 0 Å². The van der Waals surface area contributed by atoms with Gasteiger partial charge >= 0.3 is 0 Å². The number of hydrogen-bond acceptors (Lipinski definition) is 2. The molecule has 0 bridgehead atoms. The molecule has 0 spiro atoms. The van der Waals surface area contributed by atoms with Crippen LogP contribution in [-0.4, -0.2) is 12.8 Å². The Balaban J connectivity index is 2.86. The summed E-state index contributed by atoms with van der Waals surface area (Å²) < 4.78 is 6.71. The van der Waals surface area contributed by atoms with E-state index in [0.717, 1.165) is 27.9 Å². The van der Waals surface area contributed by atoms with Crippen LogP contribution < -0.4 is 0 Å². The van der Waals surface area contributed by atoms with Crippen LogP contribution in [0.5, 0.6) is 0 Å². The minimum atomic E-state index is 0.495. The summed E-state index contributed by atoms with van der Waals surface area (Å²) in [6.45, 7) is 8.22. The lowest BCUT2D eigenvalue weighted by Crippen LogP contribution is -1.98. The lowest BCUT2D eigenvalue weighted by Gasteiger charge is -2.09. The van der Waals surface area contributed by atoms with Crippen LogP contribution in [0, 0.1) is 0 Å². The van der Waals surface area contributed by atoms with Gasteiger partial charge < -0.3 is 4.74 Å². The van der Waals surface area contributed by atoms with E-state index in [0.29, 0.717) is 6.61 Å². The molecular formula is C17H20BrNO. The van der Waals surface area contributed by atoms with Gasteiger partial charge in [0.25, 0.3) is 0 Å². The van der Waals surface area contributed by atoms with E-state index >= 15 is 0 Å². The molecule has 0 atom stereocenters. The van der Waals surface area contributed by atoms with Crippen molar-refractivity contribution in [2.45, 2.75) is 20.3 Å². The van der Waals surface area contributed by atoms with Crippen molar-refractivity contribution >= 4 is 27.8 Å². The molecule has 0 saturated heterocycles. The van der Waals surface area contributed by atoms with Crippen LogP contribution in [0.4, 0.5) is 5.69 Å². The van der Waals surface area contributed by atoms with Gasteiger partial charge in [-0.2, -0.15) is 0 Å². The maximum Gasteiger partial charge on any atom is 0.124 e. The van der Waals surface area contributed by atoms with Gasteiger partial charge in [-0.1, -0.05) is 41.6 Å². The zero-order chi connectivity index (χ0) is 14.8. The standard InChI is InChI=1S/C17H20BrNO/c1-4-7-17(20-12-5-2)14(6-3)13-19-16-10-8-15(18)9-11-16/h5-11,13H,2,4,12H2,1,3H3/b14-6-,17-7+,19-13?. The number of allylic oxidation sites excluding steroid dienone is 3. The molecule has 0 heterocycles. The molecule has 0 aromatic heterocycles. The van der Waals surface area contributed by atoms with Gasteiger partial charge in [-0.3, -0.25) is 4.99 Å². The van der Waals surface area contributed by atoms with Crippen LogP contribution in [0.3, 0.4) is 0 Å². The second-order valence-corrected chi connectivity index (χ2v) is 4.97. The molecule has 0 unspecified atom stereocenters. The molecular weight excluding hydrogens is 314 g/mol. The Kier molecular flexibility index (Phi) is 7.66. The first-order chi connectivity index (χ1) is 9.71. The average molecular weight is 334 g/mol. The Morgan fingerprint density at radius 1 is 1.35 bits per heavy atom. The molecule has 1 aromatic rings. The SMILES string of the molecule is C=CCOC(=C/CC)/C(C=Nc1ccc(Br)cc1)=C\C. The van der Waals surface area contributed by atoms with Crippen molar-refractivity contribution in [3.05, 3.63) is 64.9 Å². The first-order valence-corrected chi connectivity index (χ1v) is 7.40. The van der Waals surface area contributed by atoms with Crippen LogP contribution in [-0.2, 0) is 4.74 Å². The lowest BCUT2D eigenvalue weighted by molar-refractivity contribution is 0.258. The van der Waals surface area contributed by atoms with Gasteiger partial charge in [0.2, 0.25) is 0 Å². The van der Waals surface area contributed by atoms with Gasteiger partial charge in [-0.15, -0.1) is 0 Å². The fourth-order valence-electron chi connectivity index (χ4n) is 1.55. The quantitative estimate of drug-likeness (QED) is 0.275. The summed E-state index contributed by atoms with van der Waals surface area (Å²) in [5, 5.41) is 0. The Hall–Kier alpha value is -1.61. The molecule has 106 valence electrons. The predicted octanol–water partition coefficient (Wildman–Crippen LogP) is 5.59. The van der Waals surface area contributed by atoms with E-state index in [4.69, 9.17) is 4.74 Å². The van der Waals surface area contributed by atoms with Crippen LogP contribution in [0.25, 0.3) is 0 Å². The minimum Gasteiger partial charge on any atom is -0.489 e. The summed E-state index contributed by atoms with van der Waals surface area (Å²) in [5.41, 5.74) is 1.88. The second kappa shape index (κ2) is 9.32. The van der Waals surface area contributed by atoms with Crippen LogP contribution in [0.2, 0.25) is 0 Å². The van der Waals surface area contributed by atoms with E-state index in [1.807, 2.05) is 49.6 Å². The molecule has 0 aliphatic rings. The normalized spacial score (nSPS) is 12.8. The highest BCUT2D eigenvalue weighted by Gasteiger charge is 2.02. The molecule has 0 N–H and O–H groups in total. The zero-order valence-electron chi connectivity index (χ0n) is 12.0. The molecule has 1 rings (SSSR count). The predicted molar refractivity (Wildman–Crippen MR) is 90.6 cm³/mol. The summed E-state index contributed by atoms with van der Waals surface area (Å²) >= 11 is 3.41. The summed E-state index contributed by atoms with van der Waals surface area (Å²) in [7, 11) is 0. The van der Waals surface area contributed by atoms with Gasteiger partial charge in [-0.05, 0) is 43.7 Å². The molecule has 0 fully saturated rings. The number of aliphatic imine (C=N–C) groups is 1. The smallest absolute Gasteiger partial charge is 0.124 e. The van der Waals surface area contributed by atoms with Crippen molar-refractivity contribution in [3.8, 4) is 0 Å². The molecule has 0 saturated carbocycles. The highest BCUT2D eigenvalue weighted by atomic mass is 79.9. The molecule has 0 radical (unpaired) electrons. The summed E-state index contributed by atoms with van der Waals surface area (Å²) in [4.78, 5) is 4.47. The number of rotatable bonds is 7. The molecule has 3 heteroatoms. The second-order valence-electron chi connectivity index (χ2n) is 4.05. The van der Waals surface area contributed by atoms with Crippen LogP contribution >= 0.6 is 15.9 Å². The Morgan fingerprint density at radius 3 is 2.60 bits per heavy atom. The largest absolute Gasteiger partial charge is 0.489 e. The van der Waals surface area contributed by atoms with Gasteiger partial charge in [0.05, 0.1) is 5.69 Å². The first kappa shape index (κ1) is 16.4. The fourth-order valence-corrected chi connectivity index (χ4v) is 1.81. The van der Waals surface area contributed by atoms with Crippen molar-refractivity contribution in [2.24, 2.45) is 4.99 Å². The minimum absolute atomic E-state index is 0.495. The fraction of sp³-hybridized carbons (Fsp3) is 0.235. The van der Waals surface area contributed by atoms with Crippen LogP contribution in [0.1, 0.15) is 20.3 Å². The third kappa shape index (κ3) is 5.57. The van der Waals surface area contributed by atoms with Crippen molar-refractivity contribution in [2.75, 3.05) is 6.61 Å². The maximum absolute atomic E-state index is 5.67. The van der Waals surface area contributed by atoms with Crippen molar-refractivity contribution < 1.29 is 4.74 Å². The van der Waals surface area contributed by atoms with E-state index < -0.39 is 0 Å². The van der Waals surface area contributed by atoms with Crippen molar-refractivity contribution in [1.82, 2.24) is 0 Å². The first-order valence-electron chi connectivity index (χ1n) is 6.61. The maximum atomic E-state index is 5.67. The molecule has 2 nitrogen and oxygen atoms in total. The van der Waals surface area contributed by atoms with Gasteiger partial charge in [0.15, 0.2) is 0 Å². The Labute approximate surface area is 129 Å². The lowest BCUT2D eigenvalue weighted by atomic mass is 10.2. The van der Waals surface area contributed by atoms with Crippen molar-refractivity contribution in [3.63, 3.8) is 0 Å². The molecule has 1 aromatic carbocycles. The Bertz CT molecular complexity index is 512. The van der Waals surface area contributed by atoms with E-state index in [9.17, 15) is 0 Å². The molecule has 20 heavy (non-hydrogen) atoms. The Morgan fingerprint density at radius 2 is 2.05 bits per heavy atom. The summed E-state index contributed by atoms with van der Waals surface area (Å²) in [5.74, 6) is 0.843. The zero-order valence-corrected chi connectivity index (χ0v) is 13.6. The van der Waals surface area contributed by atoms with E-state index in [1.54, 1.807) is 6.08 Å². The number of halogens is 1. The van der Waals surface area contributed by atoms with Gasteiger partial charge in [-0.25, -0.2) is 0 Å². The van der Waals surface area contributed by atoms with E-state index in [2.05, 4.69) is 34.4 Å². The monoisotopic (exact) mass is 333 g/mol. The third-order valence-corrected chi connectivity index (χ3v) is 3.05. The summed E-state index contributed by atoms with van der Waals surface area (Å²) in [6.07, 6.45) is 8.52. The van der Waals surface area contributed by atoms with Crippen molar-refractivity contribution in [1.29, 1.82) is 0 Å². The molecule has 0 aliphatic heterocycles. The average Bonchev–Trinajstić information content (AvgIpc) is 2.47. The topological polar surface area (TPSA) is 21.6 Å².